The summed E-state index contributed by atoms with van der Waals surface area (Å²) in [6, 6.07) is 19.2. The first kappa shape index (κ1) is 25.5. The summed E-state index contributed by atoms with van der Waals surface area (Å²) in [5.74, 6) is -1.40. The number of hydrogen-bond donors (Lipinski definition) is 1. The van der Waals surface area contributed by atoms with Crippen molar-refractivity contribution >= 4 is 52.5 Å². The molecule has 0 aromatic heterocycles. The van der Waals surface area contributed by atoms with E-state index in [1.807, 2.05) is 38.1 Å². The molecule has 0 fully saturated rings. The number of halogens is 1. The minimum atomic E-state index is -0.485. The molecule has 0 saturated carbocycles. The van der Waals surface area contributed by atoms with Gasteiger partial charge < -0.3 is 10.1 Å². The quantitative estimate of drug-likeness (QED) is 0.282. The summed E-state index contributed by atoms with van der Waals surface area (Å²) >= 11 is 7.32. The van der Waals surface area contributed by atoms with E-state index in [0.717, 1.165) is 20.9 Å². The van der Waals surface area contributed by atoms with Crippen molar-refractivity contribution in [3.63, 3.8) is 0 Å². The molecule has 0 atom stereocenters. The molecule has 1 N–H and O–H groups in total. The van der Waals surface area contributed by atoms with Gasteiger partial charge in [0.25, 0.3) is 11.8 Å². The number of carbonyl (C=O) groups is 3. The Bertz CT molecular complexity index is 1370. The second kappa shape index (κ2) is 10.6. The maximum atomic E-state index is 13.6. The zero-order valence-corrected chi connectivity index (χ0v) is 21.9. The van der Waals surface area contributed by atoms with Crippen LogP contribution in [-0.4, -0.2) is 23.9 Å². The van der Waals surface area contributed by atoms with E-state index in [0.29, 0.717) is 22.0 Å². The molecule has 3 aromatic rings. The molecule has 0 radical (unpaired) electrons. The Kier molecular flexibility index (Phi) is 7.52. The van der Waals surface area contributed by atoms with Gasteiger partial charge in [-0.3, -0.25) is 9.59 Å². The Balaban J connectivity index is 1.69. The first-order valence-electron chi connectivity index (χ1n) is 11.4. The highest BCUT2D eigenvalue weighted by atomic mass is 35.5. The third-order valence-corrected chi connectivity index (χ3v) is 6.76. The second-order valence-corrected chi connectivity index (χ2v) is 10.2. The van der Waals surface area contributed by atoms with Crippen LogP contribution in [0.5, 0.6) is 0 Å². The number of carbonyl (C=O) groups excluding carboxylic acids is 3. The van der Waals surface area contributed by atoms with E-state index in [1.54, 1.807) is 56.3 Å². The molecule has 4 rings (SSSR count). The number of esters is 1. The number of anilines is 2. The third kappa shape index (κ3) is 5.48. The predicted octanol–water partition coefficient (Wildman–Crippen LogP) is 6.51. The number of benzene rings is 3. The van der Waals surface area contributed by atoms with Crippen molar-refractivity contribution in [2.75, 3.05) is 10.2 Å². The summed E-state index contributed by atoms with van der Waals surface area (Å²) in [7, 11) is 0. The molecule has 1 heterocycles. The highest BCUT2D eigenvalue weighted by Crippen LogP contribution is 2.38. The fourth-order valence-corrected chi connectivity index (χ4v) is 4.76. The van der Waals surface area contributed by atoms with E-state index in [2.05, 4.69) is 5.32 Å². The van der Waals surface area contributed by atoms with E-state index in [1.165, 1.54) is 11.8 Å². The number of aryl methyl sites for hydroxylation is 2. The lowest BCUT2D eigenvalue weighted by molar-refractivity contribution is -0.120. The molecule has 36 heavy (non-hydrogen) atoms. The fraction of sp³-hybridized carbons (Fsp3) is 0.179. The molecule has 1 aliphatic rings. The van der Waals surface area contributed by atoms with Crippen molar-refractivity contribution in [1.82, 2.24) is 0 Å². The summed E-state index contributed by atoms with van der Waals surface area (Å²) in [6.07, 6.45) is -0.255. The Labute approximate surface area is 219 Å². The second-order valence-electron chi connectivity index (χ2n) is 8.65. The van der Waals surface area contributed by atoms with Crippen LogP contribution in [0.4, 0.5) is 11.4 Å². The van der Waals surface area contributed by atoms with Gasteiger partial charge in [-0.05, 0) is 87.9 Å². The van der Waals surface area contributed by atoms with Gasteiger partial charge in [0.05, 0.1) is 17.4 Å². The van der Waals surface area contributed by atoms with Gasteiger partial charge in [-0.1, -0.05) is 41.1 Å². The van der Waals surface area contributed by atoms with Gasteiger partial charge in [-0.25, -0.2) is 9.69 Å². The van der Waals surface area contributed by atoms with Crippen LogP contribution in [0.15, 0.2) is 82.2 Å². The van der Waals surface area contributed by atoms with Crippen LogP contribution in [0.1, 0.15) is 35.3 Å². The van der Waals surface area contributed by atoms with Gasteiger partial charge in [-0.2, -0.15) is 0 Å². The van der Waals surface area contributed by atoms with E-state index >= 15 is 0 Å². The molecule has 1 aliphatic heterocycles. The number of nitrogens with one attached hydrogen (secondary N) is 1. The molecule has 8 heteroatoms. The van der Waals surface area contributed by atoms with Gasteiger partial charge in [0.1, 0.15) is 10.6 Å². The van der Waals surface area contributed by atoms with Crippen molar-refractivity contribution in [3.05, 3.63) is 99.0 Å². The van der Waals surface area contributed by atoms with Gasteiger partial charge in [0, 0.05) is 15.6 Å². The number of imide groups is 1. The first-order chi connectivity index (χ1) is 17.1. The van der Waals surface area contributed by atoms with Gasteiger partial charge in [-0.15, -0.1) is 0 Å². The Morgan fingerprint density at radius 2 is 1.61 bits per heavy atom. The summed E-state index contributed by atoms with van der Waals surface area (Å²) in [5, 5.41) is 3.74. The molecule has 2 amide bonds. The Morgan fingerprint density at radius 1 is 0.944 bits per heavy atom. The average molecular weight is 521 g/mol. The summed E-state index contributed by atoms with van der Waals surface area (Å²) in [6.45, 7) is 7.39. The van der Waals surface area contributed by atoms with Crippen molar-refractivity contribution in [2.45, 2.75) is 38.7 Å². The fourth-order valence-electron chi connectivity index (χ4n) is 3.60. The summed E-state index contributed by atoms with van der Waals surface area (Å²) in [5.41, 5.74) is 3.48. The smallest absolute Gasteiger partial charge is 0.338 e. The highest BCUT2D eigenvalue weighted by Gasteiger charge is 2.40. The number of amides is 2. The molecule has 3 aromatic carbocycles. The molecular weight excluding hydrogens is 496 g/mol. The Hall–Kier alpha value is -3.55. The first-order valence-corrected chi connectivity index (χ1v) is 12.6. The van der Waals surface area contributed by atoms with Crippen LogP contribution in [0.25, 0.3) is 0 Å². The lowest BCUT2D eigenvalue weighted by Crippen LogP contribution is -2.32. The SMILES string of the molecule is Cc1ccc(SC2=C(Nc3ccc(Cl)cc3C)C(=O)N(c3ccc(C(=O)OC(C)C)cc3)C2=O)cc1. The maximum Gasteiger partial charge on any atom is 0.338 e. The molecule has 0 unspecified atom stereocenters. The molecule has 0 aliphatic carbocycles. The van der Waals surface area contributed by atoms with Crippen molar-refractivity contribution < 1.29 is 19.1 Å². The minimum absolute atomic E-state index is 0.180. The average Bonchev–Trinajstić information content (AvgIpc) is 3.05. The van der Waals surface area contributed by atoms with E-state index in [9.17, 15) is 14.4 Å². The summed E-state index contributed by atoms with van der Waals surface area (Å²) in [4.78, 5) is 41.6. The van der Waals surface area contributed by atoms with Gasteiger partial charge >= 0.3 is 5.97 Å². The molecule has 0 bridgehead atoms. The molecule has 184 valence electrons. The topological polar surface area (TPSA) is 75.7 Å². The van der Waals surface area contributed by atoms with Crippen molar-refractivity contribution in [3.8, 4) is 0 Å². The lowest BCUT2D eigenvalue weighted by Gasteiger charge is -2.16. The zero-order chi connectivity index (χ0) is 26.0. The summed E-state index contributed by atoms with van der Waals surface area (Å²) < 4.78 is 5.22. The van der Waals surface area contributed by atoms with Crippen LogP contribution >= 0.6 is 23.4 Å². The van der Waals surface area contributed by atoms with Gasteiger partial charge in [0.2, 0.25) is 0 Å². The number of rotatable bonds is 7. The number of hydrogen-bond acceptors (Lipinski definition) is 6. The lowest BCUT2D eigenvalue weighted by atomic mass is 10.2. The van der Waals surface area contributed by atoms with Gasteiger partial charge in [0.15, 0.2) is 0 Å². The van der Waals surface area contributed by atoms with Crippen LogP contribution in [-0.2, 0) is 14.3 Å². The number of thioether (sulfide) groups is 1. The third-order valence-electron chi connectivity index (χ3n) is 5.43. The maximum absolute atomic E-state index is 13.6. The minimum Gasteiger partial charge on any atom is -0.459 e. The van der Waals surface area contributed by atoms with Crippen LogP contribution in [0.2, 0.25) is 5.02 Å². The number of ether oxygens (including phenoxy) is 1. The molecule has 6 nitrogen and oxygen atoms in total. The zero-order valence-electron chi connectivity index (χ0n) is 20.3. The Morgan fingerprint density at radius 3 is 2.22 bits per heavy atom. The predicted molar refractivity (Wildman–Crippen MR) is 143 cm³/mol. The van der Waals surface area contributed by atoms with Crippen LogP contribution in [0.3, 0.4) is 0 Å². The van der Waals surface area contributed by atoms with Crippen LogP contribution in [0, 0.1) is 13.8 Å². The highest BCUT2D eigenvalue weighted by molar-refractivity contribution is 8.04. The standard InChI is InChI=1S/C28H25ClN2O4S/c1-16(2)35-28(34)19-7-10-21(11-8-19)31-26(32)24(30-23-14-9-20(29)15-18(23)4)25(27(31)33)36-22-12-5-17(3)6-13-22/h5-16,30H,1-4H3. The number of nitrogens with zero attached hydrogens (tertiary/aromatic N) is 1. The molecule has 0 spiro atoms. The normalized spacial score (nSPS) is 13.6. The van der Waals surface area contributed by atoms with Crippen LogP contribution < -0.4 is 10.2 Å². The largest absolute Gasteiger partial charge is 0.459 e. The monoisotopic (exact) mass is 520 g/mol. The van der Waals surface area contributed by atoms with E-state index < -0.39 is 17.8 Å². The molecule has 0 saturated heterocycles. The van der Waals surface area contributed by atoms with E-state index in [4.69, 9.17) is 16.3 Å². The van der Waals surface area contributed by atoms with E-state index in [-0.39, 0.29) is 16.7 Å². The van der Waals surface area contributed by atoms with Crippen molar-refractivity contribution in [1.29, 1.82) is 0 Å². The molecular formula is C28H25ClN2O4S. The van der Waals surface area contributed by atoms with Crippen molar-refractivity contribution in [2.24, 2.45) is 0 Å².